The molecule has 1 saturated carbocycles. The van der Waals surface area contributed by atoms with Crippen LogP contribution in [0.15, 0.2) is 22.8 Å². The maximum atomic E-state index is 13.2. The SMILES string of the molecule is CC(C)CN(CC(=O)N(Cc1ccco1)CC1CCCO1)C(=O)CCC1CCCC1. The summed E-state index contributed by atoms with van der Waals surface area (Å²) in [6.45, 7) is 6.65. The van der Waals surface area contributed by atoms with Crippen molar-refractivity contribution < 1.29 is 18.7 Å². The second-order valence-corrected chi connectivity index (χ2v) is 9.35. The van der Waals surface area contributed by atoms with Crippen LogP contribution in [0.3, 0.4) is 0 Å². The zero-order chi connectivity index (χ0) is 21.3. The summed E-state index contributed by atoms with van der Waals surface area (Å²) in [5.41, 5.74) is 0. The van der Waals surface area contributed by atoms with Gasteiger partial charge < -0.3 is 19.0 Å². The van der Waals surface area contributed by atoms with Crippen molar-refractivity contribution in [2.24, 2.45) is 11.8 Å². The number of amides is 2. The lowest BCUT2D eigenvalue weighted by molar-refractivity contribution is -0.142. The Morgan fingerprint density at radius 3 is 2.53 bits per heavy atom. The van der Waals surface area contributed by atoms with Gasteiger partial charge in [-0.3, -0.25) is 9.59 Å². The Labute approximate surface area is 180 Å². The third-order valence-corrected chi connectivity index (χ3v) is 6.23. The summed E-state index contributed by atoms with van der Waals surface area (Å²) >= 11 is 0. The second-order valence-electron chi connectivity index (χ2n) is 9.35. The fraction of sp³-hybridized carbons (Fsp3) is 0.750. The molecule has 1 aromatic heterocycles. The van der Waals surface area contributed by atoms with Crippen LogP contribution in [-0.2, 0) is 20.9 Å². The predicted octanol–water partition coefficient (Wildman–Crippen LogP) is 4.24. The van der Waals surface area contributed by atoms with Crippen molar-refractivity contribution in [3.05, 3.63) is 24.2 Å². The summed E-state index contributed by atoms with van der Waals surface area (Å²) in [6.07, 6.45) is 10.3. The van der Waals surface area contributed by atoms with Gasteiger partial charge in [-0.05, 0) is 43.2 Å². The third-order valence-electron chi connectivity index (χ3n) is 6.23. The van der Waals surface area contributed by atoms with Gasteiger partial charge in [0.2, 0.25) is 11.8 Å². The molecule has 1 aromatic rings. The molecular weight excluding hydrogens is 380 g/mol. The van der Waals surface area contributed by atoms with E-state index in [0.29, 0.717) is 37.9 Å². The monoisotopic (exact) mass is 418 g/mol. The highest BCUT2D eigenvalue weighted by Gasteiger charge is 2.27. The molecule has 1 atom stereocenters. The van der Waals surface area contributed by atoms with Crippen molar-refractivity contribution in [3.8, 4) is 0 Å². The van der Waals surface area contributed by atoms with E-state index in [1.807, 2.05) is 12.1 Å². The van der Waals surface area contributed by atoms with Gasteiger partial charge in [0, 0.05) is 26.1 Å². The van der Waals surface area contributed by atoms with E-state index < -0.39 is 0 Å². The smallest absolute Gasteiger partial charge is 0.242 e. The quantitative estimate of drug-likeness (QED) is 0.539. The van der Waals surface area contributed by atoms with Crippen LogP contribution in [-0.4, -0.2) is 54.0 Å². The molecule has 2 heterocycles. The van der Waals surface area contributed by atoms with Gasteiger partial charge in [-0.2, -0.15) is 0 Å². The van der Waals surface area contributed by atoms with Crippen molar-refractivity contribution in [2.45, 2.75) is 77.9 Å². The van der Waals surface area contributed by atoms with E-state index in [-0.39, 0.29) is 24.5 Å². The van der Waals surface area contributed by atoms with E-state index >= 15 is 0 Å². The molecule has 30 heavy (non-hydrogen) atoms. The Hall–Kier alpha value is -1.82. The molecule has 6 nitrogen and oxygen atoms in total. The van der Waals surface area contributed by atoms with Crippen LogP contribution in [0, 0.1) is 11.8 Å². The molecule has 2 fully saturated rings. The third kappa shape index (κ3) is 7.15. The molecule has 0 N–H and O–H groups in total. The van der Waals surface area contributed by atoms with Gasteiger partial charge in [-0.1, -0.05) is 39.5 Å². The highest BCUT2D eigenvalue weighted by atomic mass is 16.5. The minimum absolute atomic E-state index is 0.0308. The molecule has 3 rings (SSSR count). The summed E-state index contributed by atoms with van der Waals surface area (Å²) in [7, 11) is 0. The topological polar surface area (TPSA) is 63.0 Å². The number of hydrogen-bond acceptors (Lipinski definition) is 4. The van der Waals surface area contributed by atoms with Crippen LogP contribution >= 0.6 is 0 Å². The zero-order valence-corrected chi connectivity index (χ0v) is 18.7. The first-order chi connectivity index (χ1) is 14.5. The Morgan fingerprint density at radius 1 is 1.10 bits per heavy atom. The molecule has 168 valence electrons. The van der Waals surface area contributed by atoms with Gasteiger partial charge >= 0.3 is 0 Å². The number of ether oxygens (including phenoxy) is 1. The predicted molar refractivity (Wildman–Crippen MR) is 116 cm³/mol. The molecule has 0 bridgehead atoms. The number of carbonyl (C=O) groups excluding carboxylic acids is 2. The van der Waals surface area contributed by atoms with Gasteiger partial charge in [-0.25, -0.2) is 0 Å². The van der Waals surface area contributed by atoms with Gasteiger partial charge in [0.05, 0.1) is 25.5 Å². The summed E-state index contributed by atoms with van der Waals surface area (Å²) in [4.78, 5) is 29.8. The number of carbonyl (C=O) groups is 2. The van der Waals surface area contributed by atoms with Crippen LogP contribution in [0.5, 0.6) is 0 Å². The van der Waals surface area contributed by atoms with Crippen molar-refractivity contribution in [1.29, 1.82) is 0 Å². The van der Waals surface area contributed by atoms with Crippen LogP contribution < -0.4 is 0 Å². The highest BCUT2D eigenvalue weighted by molar-refractivity contribution is 5.84. The second kappa shape index (κ2) is 11.5. The molecule has 0 aromatic carbocycles. The summed E-state index contributed by atoms with van der Waals surface area (Å²) in [5, 5.41) is 0. The molecular formula is C24H38N2O4. The summed E-state index contributed by atoms with van der Waals surface area (Å²) in [5.74, 6) is 1.84. The number of rotatable bonds is 11. The van der Waals surface area contributed by atoms with E-state index in [1.165, 1.54) is 25.7 Å². The standard InChI is InChI=1S/C24H38N2O4/c1-19(2)15-25(23(27)12-11-20-7-3-4-8-20)18-24(28)26(16-21-9-5-13-29-21)17-22-10-6-14-30-22/h5,9,13,19-20,22H,3-4,6-8,10-12,14-18H2,1-2H3. The normalized spacial score (nSPS) is 19.5. The van der Waals surface area contributed by atoms with Crippen LogP contribution in [0.25, 0.3) is 0 Å². The number of hydrogen-bond donors (Lipinski definition) is 0. The van der Waals surface area contributed by atoms with E-state index in [1.54, 1.807) is 16.1 Å². The Kier molecular flexibility index (Phi) is 8.79. The maximum Gasteiger partial charge on any atom is 0.242 e. The first-order valence-electron chi connectivity index (χ1n) is 11.7. The Balaban J connectivity index is 1.60. The lowest BCUT2D eigenvalue weighted by atomic mass is 10.0. The van der Waals surface area contributed by atoms with Gasteiger partial charge in [0.25, 0.3) is 0 Å². The highest BCUT2D eigenvalue weighted by Crippen LogP contribution is 2.28. The van der Waals surface area contributed by atoms with Crippen molar-refractivity contribution in [2.75, 3.05) is 26.2 Å². The first kappa shape index (κ1) is 22.9. The minimum atomic E-state index is -0.0308. The summed E-state index contributed by atoms with van der Waals surface area (Å²) < 4.78 is 11.2. The number of furan rings is 1. The molecule has 1 aliphatic heterocycles. The Bertz CT molecular complexity index is 646. The zero-order valence-electron chi connectivity index (χ0n) is 18.7. The molecule has 2 amide bonds. The molecule has 1 aliphatic carbocycles. The van der Waals surface area contributed by atoms with Gasteiger partial charge in [-0.15, -0.1) is 0 Å². The molecule has 0 radical (unpaired) electrons. The minimum Gasteiger partial charge on any atom is -0.467 e. The van der Waals surface area contributed by atoms with Gasteiger partial charge in [0.1, 0.15) is 5.76 Å². The van der Waals surface area contributed by atoms with Gasteiger partial charge in [0.15, 0.2) is 0 Å². The average molecular weight is 419 g/mol. The molecule has 1 unspecified atom stereocenters. The largest absolute Gasteiger partial charge is 0.467 e. The fourth-order valence-corrected chi connectivity index (χ4v) is 4.62. The van der Waals surface area contributed by atoms with Crippen LogP contribution in [0.4, 0.5) is 0 Å². The molecule has 1 saturated heterocycles. The van der Waals surface area contributed by atoms with Crippen molar-refractivity contribution >= 4 is 11.8 Å². The van der Waals surface area contributed by atoms with Crippen molar-refractivity contribution in [1.82, 2.24) is 9.80 Å². The summed E-state index contributed by atoms with van der Waals surface area (Å²) in [6, 6.07) is 3.72. The average Bonchev–Trinajstić information content (AvgIpc) is 3.48. The van der Waals surface area contributed by atoms with E-state index in [4.69, 9.17) is 9.15 Å². The van der Waals surface area contributed by atoms with E-state index in [2.05, 4.69) is 13.8 Å². The van der Waals surface area contributed by atoms with Crippen LogP contribution in [0.1, 0.15) is 71.0 Å². The van der Waals surface area contributed by atoms with Crippen LogP contribution in [0.2, 0.25) is 0 Å². The first-order valence-corrected chi connectivity index (χ1v) is 11.7. The molecule has 0 spiro atoms. The molecule has 2 aliphatic rings. The fourth-order valence-electron chi connectivity index (χ4n) is 4.62. The lowest BCUT2D eigenvalue weighted by Gasteiger charge is -2.30. The van der Waals surface area contributed by atoms with E-state index in [9.17, 15) is 9.59 Å². The molecule has 6 heteroatoms. The maximum absolute atomic E-state index is 13.2. The Morgan fingerprint density at radius 2 is 1.90 bits per heavy atom. The lowest BCUT2D eigenvalue weighted by Crippen LogP contribution is -2.46. The van der Waals surface area contributed by atoms with Crippen molar-refractivity contribution in [3.63, 3.8) is 0 Å². The van der Waals surface area contributed by atoms with E-state index in [0.717, 1.165) is 31.6 Å². The number of nitrogens with zero attached hydrogens (tertiary/aromatic N) is 2.